The molecule has 1 aliphatic heterocycles. The van der Waals surface area contributed by atoms with Crippen LogP contribution in [0.2, 0.25) is 0 Å². The summed E-state index contributed by atoms with van der Waals surface area (Å²) >= 11 is 0. The molecule has 0 aromatic carbocycles. The minimum absolute atomic E-state index is 0.109. The number of nitrogens with zero attached hydrogens (tertiary/aromatic N) is 2. The molecule has 1 atom stereocenters. The lowest BCUT2D eigenvalue weighted by molar-refractivity contribution is -0.132. The van der Waals surface area contributed by atoms with Crippen LogP contribution in [0.15, 0.2) is 0 Å². The maximum absolute atomic E-state index is 12.2. The van der Waals surface area contributed by atoms with Gasteiger partial charge < -0.3 is 19.9 Å². The largest absolute Gasteiger partial charge is 0.444 e. The molecule has 2 amide bonds. The Bertz CT molecular complexity index is 385. The zero-order valence-electron chi connectivity index (χ0n) is 15.4. The number of carbonyl (C=O) groups is 2. The van der Waals surface area contributed by atoms with E-state index in [1.54, 1.807) is 4.90 Å². The third kappa shape index (κ3) is 7.68. The summed E-state index contributed by atoms with van der Waals surface area (Å²) in [5.74, 6) is 0.109. The van der Waals surface area contributed by atoms with E-state index >= 15 is 0 Å². The monoisotopic (exact) mass is 327 g/mol. The summed E-state index contributed by atoms with van der Waals surface area (Å²) in [5, 5.41) is 3.28. The predicted molar refractivity (Wildman–Crippen MR) is 91.4 cm³/mol. The Morgan fingerprint density at radius 3 is 2.22 bits per heavy atom. The fourth-order valence-corrected chi connectivity index (χ4v) is 2.45. The predicted octanol–water partition coefficient (Wildman–Crippen LogP) is 2.23. The van der Waals surface area contributed by atoms with Crippen LogP contribution in [-0.2, 0) is 9.53 Å². The lowest BCUT2D eigenvalue weighted by atomic mass is 10.1. The normalized spacial score (nSPS) is 17.1. The molecule has 1 unspecified atom stereocenters. The van der Waals surface area contributed by atoms with E-state index in [9.17, 15) is 9.59 Å². The lowest BCUT2D eigenvalue weighted by Crippen LogP contribution is -2.53. The van der Waals surface area contributed by atoms with E-state index in [1.165, 1.54) is 12.8 Å². The maximum atomic E-state index is 12.2. The number of rotatable bonds is 6. The molecule has 0 aromatic heterocycles. The van der Waals surface area contributed by atoms with Crippen molar-refractivity contribution in [2.45, 2.75) is 65.5 Å². The van der Waals surface area contributed by atoms with Crippen LogP contribution in [0.4, 0.5) is 4.79 Å². The molecule has 1 N–H and O–H groups in total. The molecule has 0 saturated carbocycles. The van der Waals surface area contributed by atoms with Crippen molar-refractivity contribution in [2.24, 2.45) is 0 Å². The van der Waals surface area contributed by atoms with Crippen LogP contribution in [0, 0.1) is 0 Å². The number of unbranched alkanes of at least 4 members (excludes halogenated alkanes) is 1. The summed E-state index contributed by atoms with van der Waals surface area (Å²) in [6.07, 6.45) is 3.15. The third-order valence-electron chi connectivity index (χ3n) is 3.88. The van der Waals surface area contributed by atoms with Gasteiger partial charge in [-0.25, -0.2) is 4.79 Å². The highest BCUT2D eigenvalue weighted by Gasteiger charge is 2.27. The molecule has 1 aliphatic rings. The second-order valence-electron chi connectivity index (χ2n) is 7.27. The molecule has 0 radical (unpaired) electrons. The summed E-state index contributed by atoms with van der Waals surface area (Å²) in [6, 6.07) is 0.363. The second-order valence-corrected chi connectivity index (χ2v) is 7.27. The minimum Gasteiger partial charge on any atom is -0.444 e. The van der Waals surface area contributed by atoms with Crippen molar-refractivity contribution < 1.29 is 14.3 Å². The summed E-state index contributed by atoms with van der Waals surface area (Å²) in [5.41, 5.74) is -0.484. The van der Waals surface area contributed by atoms with Crippen LogP contribution < -0.4 is 5.32 Å². The van der Waals surface area contributed by atoms with E-state index in [0.29, 0.717) is 38.8 Å². The van der Waals surface area contributed by atoms with Crippen molar-refractivity contribution in [1.82, 2.24) is 15.1 Å². The number of ether oxygens (including phenoxy) is 1. The van der Waals surface area contributed by atoms with Crippen molar-refractivity contribution in [1.29, 1.82) is 0 Å². The van der Waals surface area contributed by atoms with Crippen molar-refractivity contribution in [3.05, 3.63) is 0 Å². The smallest absolute Gasteiger partial charge is 0.410 e. The van der Waals surface area contributed by atoms with Gasteiger partial charge in [0.25, 0.3) is 0 Å². The van der Waals surface area contributed by atoms with Crippen LogP contribution in [0.5, 0.6) is 0 Å². The standard InChI is InChI=1S/C17H33N3O3/c1-6-7-8-14(2)18-13-15(21)19-9-11-20(12-10-19)16(22)23-17(3,4)5/h14,18H,6-13H2,1-5H3. The van der Waals surface area contributed by atoms with Gasteiger partial charge in [-0.1, -0.05) is 19.8 Å². The van der Waals surface area contributed by atoms with Gasteiger partial charge in [0, 0.05) is 32.2 Å². The highest BCUT2D eigenvalue weighted by atomic mass is 16.6. The average molecular weight is 327 g/mol. The number of hydrogen-bond donors (Lipinski definition) is 1. The summed E-state index contributed by atoms with van der Waals surface area (Å²) in [4.78, 5) is 27.7. The van der Waals surface area contributed by atoms with E-state index < -0.39 is 5.60 Å². The molecule has 0 aliphatic carbocycles. The molecule has 1 rings (SSSR count). The maximum Gasteiger partial charge on any atom is 0.410 e. The lowest BCUT2D eigenvalue weighted by Gasteiger charge is -2.35. The second kappa shape index (κ2) is 9.11. The van der Waals surface area contributed by atoms with E-state index in [1.807, 2.05) is 25.7 Å². The van der Waals surface area contributed by atoms with Gasteiger partial charge in [0.1, 0.15) is 5.60 Å². The van der Waals surface area contributed by atoms with Crippen molar-refractivity contribution in [2.75, 3.05) is 32.7 Å². The Hall–Kier alpha value is -1.30. The van der Waals surface area contributed by atoms with E-state index in [4.69, 9.17) is 4.74 Å². The zero-order chi connectivity index (χ0) is 17.5. The first-order valence-electron chi connectivity index (χ1n) is 8.72. The van der Waals surface area contributed by atoms with Gasteiger partial charge in [0.2, 0.25) is 5.91 Å². The summed E-state index contributed by atoms with van der Waals surface area (Å²) in [7, 11) is 0. The molecular formula is C17H33N3O3. The quantitative estimate of drug-likeness (QED) is 0.813. The van der Waals surface area contributed by atoms with Crippen LogP contribution in [0.1, 0.15) is 53.9 Å². The molecule has 0 bridgehead atoms. The van der Waals surface area contributed by atoms with E-state index in [0.717, 1.165) is 6.42 Å². The first-order valence-corrected chi connectivity index (χ1v) is 8.72. The Morgan fingerprint density at radius 1 is 1.13 bits per heavy atom. The summed E-state index contributed by atoms with van der Waals surface area (Å²) in [6.45, 7) is 12.4. The van der Waals surface area contributed by atoms with Crippen molar-refractivity contribution in [3.63, 3.8) is 0 Å². The van der Waals surface area contributed by atoms with Gasteiger partial charge in [-0.05, 0) is 34.1 Å². The Morgan fingerprint density at radius 2 is 1.70 bits per heavy atom. The fourth-order valence-electron chi connectivity index (χ4n) is 2.45. The fraction of sp³-hybridized carbons (Fsp3) is 0.882. The SMILES string of the molecule is CCCCC(C)NCC(=O)N1CCN(C(=O)OC(C)(C)C)CC1. The van der Waals surface area contributed by atoms with Crippen LogP contribution in [-0.4, -0.2) is 66.2 Å². The first kappa shape index (κ1) is 19.7. The molecule has 0 spiro atoms. The van der Waals surface area contributed by atoms with Crippen molar-refractivity contribution in [3.8, 4) is 0 Å². The topological polar surface area (TPSA) is 61.9 Å². The Labute approximate surface area is 140 Å². The molecular weight excluding hydrogens is 294 g/mol. The molecule has 1 fully saturated rings. The third-order valence-corrected chi connectivity index (χ3v) is 3.88. The number of hydrogen-bond acceptors (Lipinski definition) is 4. The first-order chi connectivity index (χ1) is 10.7. The molecule has 23 heavy (non-hydrogen) atoms. The molecule has 1 saturated heterocycles. The average Bonchev–Trinajstić information content (AvgIpc) is 2.49. The number of nitrogens with one attached hydrogen (secondary N) is 1. The van der Waals surface area contributed by atoms with Crippen LogP contribution in [0.25, 0.3) is 0 Å². The molecule has 1 heterocycles. The molecule has 134 valence electrons. The highest BCUT2D eigenvalue weighted by Crippen LogP contribution is 2.12. The van der Waals surface area contributed by atoms with E-state index in [2.05, 4.69) is 19.2 Å². The molecule has 0 aromatic rings. The number of amides is 2. The van der Waals surface area contributed by atoms with Gasteiger partial charge >= 0.3 is 6.09 Å². The molecule has 6 nitrogen and oxygen atoms in total. The number of piperazine rings is 1. The van der Waals surface area contributed by atoms with Gasteiger partial charge in [-0.15, -0.1) is 0 Å². The Balaban J connectivity index is 2.29. The van der Waals surface area contributed by atoms with Crippen molar-refractivity contribution >= 4 is 12.0 Å². The van der Waals surface area contributed by atoms with Crippen LogP contribution in [0.3, 0.4) is 0 Å². The summed E-state index contributed by atoms with van der Waals surface area (Å²) < 4.78 is 5.36. The minimum atomic E-state index is -0.484. The Kier molecular flexibility index (Phi) is 7.82. The highest BCUT2D eigenvalue weighted by molar-refractivity contribution is 5.78. The van der Waals surface area contributed by atoms with Crippen LogP contribution >= 0.6 is 0 Å². The van der Waals surface area contributed by atoms with Gasteiger partial charge in [-0.3, -0.25) is 4.79 Å². The zero-order valence-corrected chi connectivity index (χ0v) is 15.4. The van der Waals surface area contributed by atoms with Gasteiger partial charge in [0.05, 0.1) is 6.54 Å². The number of carbonyl (C=O) groups excluding carboxylic acids is 2. The van der Waals surface area contributed by atoms with Gasteiger partial charge in [-0.2, -0.15) is 0 Å². The molecule has 6 heteroatoms. The van der Waals surface area contributed by atoms with Gasteiger partial charge in [0.15, 0.2) is 0 Å². The van der Waals surface area contributed by atoms with E-state index in [-0.39, 0.29) is 12.0 Å².